The lowest BCUT2D eigenvalue weighted by Gasteiger charge is -2.32. The molecule has 3 aromatic carbocycles. The zero-order chi connectivity index (χ0) is 26.2. The Labute approximate surface area is 227 Å². The van der Waals surface area contributed by atoms with E-state index in [4.69, 9.17) is 32.7 Å². The lowest BCUT2D eigenvalue weighted by Crippen LogP contribution is -2.50. The maximum absolute atomic E-state index is 13.8. The van der Waals surface area contributed by atoms with Gasteiger partial charge in [-0.2, -0.15) is 0 Å². The molecule has 6 nitrogen and oxygen atoms in total. The molecule has 2 amide bonds. The predicted octanol–water partition coefficient (Wildman–Crippen LogP) is 5.82. The lowest BCUT2D eigenvalue weighted by molar-refractivity contribution is -0.141. The summed E-state index contributed by atoms with van der Waals surface area (Å²) < 4.78 is 10.9. The van der Waals surface area contributed by atoms with E-state index in [-0.39, 0.29) is 31.6 Å². The number of aryl methyl sites for hydroxylation is 1. The Morgan fingerprint density at radius 1 is 0.973 bits per heavy atom. The van der Waals surface area contributed by atoms with E-state index in [1.807, 2.05) is 55.5 Å². The molecule has 194 valence electrons. The highest BCUT2D eigenvalue weighted by molar-refractivity contribution is 6.35. The minimum Gasteiger partial charge on any atom is -0.454 e. The third-order valence-electron chi connectivity index (χ3n) is 6.24. The van der Waals surface area contributed by atoms with Crippen LogP contribution in [0.5, 0.6) is 11.5 Å². The highest BCUT2D eigenvalue weighted by atomic mass is 35.5. The van der Waals surface area contributed by atoms with Gasteiger partial charge in [0.2, 0.25) is 18.6 Å². The smallest absolute Gasteiger partial charge is 0.243 e. The summed E-state index contributed by atoms with van der Waals surface area (Å²) in [5.74, 6) is 1.05. The summed E-state index contributed by atoms with van der Waals surface area (Å²) >= 11 is 12.6. The van der Waals surface area contributed by atoms with Crippen LogP contribution in [0, 0.1) is 0 Å². The zero-order valence-corrected chi connectivity index (χ0v) is 22.2. The molecule has 4 rings (SSSR count). The molecule has 1 aliphatic rings. The Kier molecular flexibility index (Phi) is 9.31. The number of ether oxygens (including phenoxy) is 2. The molecule has 1 N–H and O–H groups in total. The van der Waals surface area contributed by atoms with Gasteiger partial charge in [-0.25, -0.2) is 0 Å². The van der Waals surface area contributed by atoms with Gasteiger partial charge in [0.05, 0.1) is 0 Å². The molecule has 37 heavy (non-hydrogen) atoms. The van der Waals surface area contributed by atoms with Crippen LogP contribution in [0.25, 0.3) is 0 Å². The molecule has 0 saturated heterocycles. The highest BCUT2D eigenvalue weighted by Crippen LogP contribution is 2.33. The second kappa shape index (κ2) is 12.8. The van der Waals surface area contributed by atoms with Crippen molar-refractivity contribution in [3.8, 4) is 11.5 Å². The van der Waals surface area contributed by atoms with Gasteiger partial charge in [0, 0.05) is 36.0 Å². The van der Waals surface area contributed by atoms with E-state index < -0.39 is 6.04 Å². The van der Waals surface area contributed by atoms with Crippen molar-refractivity contribution in [1.82, 2.24) is 10.2 Å². The molecule has 0 aliphatic carbocycles. The Hall–Kier alpha value is -3.22. The van der Waals surface area contributed by atoms with E-state index in [0.717, 1.165) is 23.1 Å². The van der Waals surface area contributed by atoms with E-state index in [1.165, 1.54) is 0 Å². The second-order valence-electron chi connectivity index (χ2n) is 8.94. The van der Waals surface area contributed by atoms with Crippen molar-refractivity contribution in [3.63, 3.8) is 0 Å². The molecule has 3 aromatic rings. The van der Waals surface area contributed by atoms with Crippen molar-refractivity contribution < 1.29 is 19.1 Å². The average Bonchev–Trinajstić information content (AvgIpc) is 3.37. The molecule has 8 heteroatoms. The van der Waals surface area contributed by atoms with Crippen molar-refractivity contribution in [1.29, 1.82) is 0 Å². The number of hydrogen-bond acceptors (Lipinski definition) is 4. The van der Waals surface area contributed by atoms with Gasteiger partial charge in [0.15, 0.2) is 11.5 Å². The number of carbonyl (C=O) groups is 2. The molecule has 0 bridgehead atoms. The van der Waals surface area contributed by atoms with Crippen LogP contribution < -0.4 is 14.8 Å². The largest absolute Gasteiger partial charge is 0.454 e. The third-order valence-corrected chi connectivity index (χ3v) is 6.83. The number of fused-ring (bicyclic) bond motifs is 1. The topological polar surface area (TPSA) is 67.9 Å². The molecular weight excluding hydrogens is 511 g/mol. The summed E-state index contributed by atoms with van der Waals surface area (Å²) in [6.07, 6.45) is 1.90. The van der Waals surface area contributed by atoms with Crippen molar-refractivity contribution in [2.24, 2.45) is 0 Å². The van der Waals surface area contributed by atoms with Gasteiger partial charge in [0.1, 0.15) is 6.04 Å². The standard InChI is InChI=1S/C29H30Cl2N2O4/c1-2-14-32-29(35)25(15-20-6-4-3-5-7-20)33(18-22-10-11-23(30)17-24(22)31)28(34)13-9-21-8-12-26-27(16-21)37-19-36-26/h3-8,10-12,16-17,25H,2,9,13-15,18-19H2,1H3,(H,32,35)/t25-/m0/s1. The molecule has 1 aliphatic heterocycles. The van der Waals surface area contributed by atoms with Crippen LogP contribution in [-0.4, -0.2) is 36.1 Å². The Balaban J connectivity index is 1.61. The average molecular weight is 541 g/mol. The van der Waals surface area contributed by atoms with Gasteiger partial charge < -0.3 is 19.7 Å². The molecule has 0 radical (unpaired) electrons. The molecule has 0 spiro atoms. The first kappa shape index (κ1) is 26.8. The van der Waals surface area contributed by atoms with Crippen LogP contribution in [-0.2, 0) is 29.0 Å². The first-order chi connectivity index (χ1) is 17.9. The van der Waals surface area contributed by atoms with Crippen LogP contribution in [0.1, 0.15) is 36.5 Å². The maximum Gasteiger partial charge on any atom is 0.243 e. The van der Waals surface area contributed by atoms with Crippen LogP contribution in [0.4, 0.5) is 0 Å². The maximum atomic E-state index is 13.8. The van der Waals surface area contributed by atoms with Gasteiger partial charge in [-0.3, -0.25) is 9.59 Å². The summed E-state index contributed by atoms with van der Waals surface area (Å²) in [6, 6.07) is 19.9. The first-order valence-electron chi connectivity index (χ1n) is 12.4. The third kappa shape index (κ3) is 7.18. The van der Waals surface area contributed by atoms with Gasteiger partial charge >= 0.3 is 0 Å². The molecule has 1 atom stereocenters. The fourth-order valence-corrected chi connectivity index (χ4v) is 4.71. The van der Waals surface area contributed by atoms with E-state index >= 15 is 0 Å². The Bertz CT molecular complexity index is 1240. The monoisotopic (exact) mass is 540 g/mol. The van der Waals surface area contributed by atoms with Crippen LogP contribution in [0.15, 0.2) is 66.7 Å². The van der Waals surface area contributed by atoms with E-state index in [0.29, 0.717) is 40.9 Å². The molecule has 1 heterocycles. The van der Waals surface area contributed by atoms with Gasteiger partial charge in [0.25, 0.3) is 0 Å². The highest BCUT2D eigenvalue weighted by Gasteiger charge is 2.30. The molecule has 0 aromatic heterocycles. The molecule has 0 saturated carbocycles. The van der Waals surface area contributed by atoms with Gasteiger partial charge in [-0.1, -0.05) is 72.6 Å². The van der Waals surface area contributed by atoms with Crippen molar-refractivity contribution in [2.45, 2.75) is 45.2 Å². The number of nitrogens with one attached hydrogen (secondary N) is 1. The lowest BCUT2D eigenvalue weighted by atomic mass is 10.0. The number of nitrogens with zero attached hydrogens (tertiary/aromatic N) is 1. The zero-order valence-electron chi connectivity index (χ0n) is 20.7. The second-order valence-corrected chi connectivity index (χ2v) is 9.79. The summed E-state index contributed by atoms with van der Waals surface area (Å²) in [5, 5.41) is 3.94. The SMILES string of the molecule is CCCNC(=O)[C@H](Cc1ccccc1)N(Cc1ccc(Cl)cc1Cl)C(=O)CCc1ccc2c(c1)OCO2. The number of hydrogen-bond donors (Lipinski definition) is 1. The summed E-state index contributed by atoms with van der Waals surface area (Å²) in [6.45, 7) is 2.91. The minimum absolute atomic E-state index is 0.142. The molecule has 0 fully saturated rings. The fourth-order valence-electron chi connectivity index (χ4n) is 4.24. The normalized spacial score (nSPS) is 12.7. The van der Waals surface area contributed by atoms with Crippen molar-refractivity contribution in [3.05, 3.63) is 93.5 Å². The van der Waals surface area contributed by atoms with Crippen LogP contribution in [0.2, 0.25) is 10.0 Å². The summed E-state index contributed by atoms with van der Waals surface area (Å²) in [7, 11) is 0. The predicted molar refractivity (Wildman–Crippen MR) is 145 cm³/mol. The van der Waals surface area contributed by atoms with Crippen LogP contribution >= 0.6 is 23.2 Å². The summed E-state index contributed by atoms with van der Waals surface area (Å²) in [4.78, 5) is 28.8. The van der Waals surface area contributed by atoms with Crippen molar-refractivity contribution >= 4 is 35.0 Å². The fraction of sp³-hybridized carbons (Fsp3) is 0.310. The van der Waals surface area contributed by atoms with Gasteiger partial charge in [-0.15, -0.1) is 0 Å². The number of amides is 2. The van der Waals surface area contributed by atoms with Crippen molar-refractivity contribution in [2.75, 3.05) is 13.3 Å². The first-order valence-corrected chi connectivity index (χ1v) is 13.1. The number of benzene rings is 3. The summed E-state index contributed by atoms with van der Waals surface area (Å²) in [5.41, 5.74) is 2.65. The molecule has 0 unspecified atom stereocenters. The number of halogens is 2. The Morgan fingerprint density at radius 2 is 1.76 bits per heavy atom. The Morgan fingerprint density at radius 3 is 2.51 bits per heavy atom. The van der Waals surface area contributed by atoms with E-state index in [1.54, 1.807) is 23.1 Å². The van der Waals surface area contributed by atoms with Crippen LogP contribution in [0.3, 0.4) is 0 Å². The van der Waals surface area contributed by atoms with E-state index in [2.05, 4.69) is 5.32 Å². The van der Waals surface area contributed by atoms with E-state index in [9.17, 15) is 9.59 Å². The molecular formula is C29H30Cl2N2O4. The number of carbonyl (C=O) groups excluding carboxylic acids is 2. The quantitative estimate of drug-likeness (QED) is 0.332. The van der Waals surface area contributed by atoms with Gasteiger partial charge in [-0.05, 0) is 53.8 Å². The minimum atomic E-state index is -0.704. The number of rotatable bonds is 11.